The molecule has 0 aliphatic heterocycles. The summed E-state index contributed by atoms with van der Waals surface area (Å²) in [7, 11) is -3.30. The quantitative estimate of drug-likeness (QED) is 0.188. The summed E-state index contributed by atoms with van der Waals surface area (Å²) >= 11 is 12.2. The zero-order valence-corrected chi connectivity index (χ0v) is 22.6. The van der Waals surface area contributed by atoms with E-state index in [9.17, 15) is 19.0 Å². The number of halogens is 2. The highest BCUT2D eigenvalue weighted by atomic mass is 35.5. The number of esters is 1. The van der Waals surface area contributed by atoms with Crippen molar-refractivity contribution in [2.75, 3.05) is 25.7 Å². The minimum Gasteiger partial charge on any atom is -0.428 e. The van der Waals surface area contributed by atoms with Gasteiger partial charge in [-0.15, -0.1) is 0 Å². The maximum Gasteiger partial charge on any atom is 0.413 e. The number of benzene rings is 1. The zero-order valence-electron chi connectivity index (χ0n) is 20.2. The Balaban J connectivity index is 2.03. The molecule has 1 unspecified atom stereocenters. The van der Waals surface area contributed by atoms with E-state index in [1.807, 2.05) is 6.92 Å². The van der Waals surface area contributed by atoms with Gasteiger partial charge in [0.25, 0.3) is 0 Å². The normalized spacial score (nSPS) is 17.1. The second-order valence-corrected chi connectivity index (χ2v) is 12.6. The van der Waals surface area contributed by atoms with Gasteiger partial charge in [0.2, 0.25) is 14.2 Å². The summed E-state index contributed by atoms with van der Waals surface area (Å²) in [5.74, 6) is -0.509. The summed E-state index contributed by atoms with van der Waals surface area (Å²) in [6, 6.07) is 4.64. The van der Waals surface area contributed by atoms with Crippen LogP contribution in [0.5, 0.6) is 0 Å². The number of nitrogens with zero attached hydrogens (tertiary/aromatic N) is 1. The first kappa shape index (κ1) is 29.0. The number of ether oxygens (including phenoxy) is 2. The molecule has 1 aromatic rings. The van der Waals surface area contributed by atoms with Crippen molar-refractivity contribution in [3.63, 3.8) is 0 Å². The van der Waals surface area contributed by atoms with Crippen LogP contribution in [0.3, 0.4) is 0 Å². The van der Waals surface area contributed by atoms with Gasteiger partial charge >= 0.3 is 12.1 Å². The van der Waals surface area contributed by atoms with Crippen molar-refractivity contribution in [3.05, 3.63) is 33.8 Å². The molecule has 0 spiro atoms. The minimum absolute atomic E-state index is 0.129. The average Bonchev–Trinajstić information content (AvgIpc) is 2.78. The molecule has 1 N–H and O–H groups in total. The van der Waals surface area contributed by atoms with E-state index in [2.05, 4.69) is 0 Å². The van der Waals surface area contributed by atoms with Crippen molar-refractivity contribution in [1.82, 2.24) is 4.90 Å². The molecule has 1 aromatic carbocycles. The highest BCUT2D eigenvalue weighted by molar-refractivity contribution is 7.58. The van der Waals surface area contributed by atoms with Crippen LogP contribution < -0.4 is 0 Å². The zero-order chi connectivity index (χ0) is 25.3. The molecule has 0 aromatic heterocycles. The molecule has 1 aliphatic carbocycles. The Hall–Kier alpha value is -1.27. The maximum absolute atomic E-state index is 12.9. The average molecular weight is 536 g/mol. The highest BCUT2D eigenvalue weighted by Crippen LogP contribution is 2.46. The SMILES string of the molecule is CC(C)C(=O)OCOC(=O)N(CCCP(=O)(O)CC1CCCCC1)[C@@H](C)c1ccc(Cl)c(Cl)c1. The van der Waals surface area contributed by atoms with Gasteiger partial charge in [-0.05, 0) is 49.8 Å². The molecule has 2 atom stereocenters. The molecule has 0 saturated heterocycles. The van der Waals surface area contributed by atoms with Crippen LogP contribution in [0.2, 0.25) is 10.0 Å². The van der Waals surface area contributed by atoms with Gasteiger partial charge in [0.1, 0.15) is 0 Å². The largest absolute Gasteiger partial charge is 0.428 e. The van der Waals surface area contributed by atoms with Crippen molar-refractivity contribution in [1.29, 1.82) is 0 Å². The standard InChI is InChI=1S/C24H36Cl2NO6P/c1-17(2)23(28)32-16-33-24(29)27(18(3)20-10-11-21(25)22(26)14-20)12-7-13-34(30,31)15-19-8-5-4-6-9-19/h10-11,14,17-19H,4-9,12-13,15-16H2,1-3H3,(H,30,31)/t18-/m0/s1. The number of hydrogen-bond acceptors (Lipinski definition) is 5. The van der Waals surface area contributed by atoms with E-state index in [-0.39, 0.29) is 18.6 Å². The molecule has 10 heteroatoms. The van der Waals surface area contributed by atoms with Crippen LogP contribution in [0.4, 0.5) is 4.79 Å². The van der Waals surface area contributed by atoms with Crippen LogP contribution >= 0.6 is 30.6 Å². The van der Waals surface area contributed by atoms with Crippen molar-refractivity contribution < 1.29 is 28.5 Å². The Labute approximate surface area is 212 Å². The van der Waals surface area contributed by atoms with Crippen LogP contribution in [0.1, 0.15) is 70.9 Å². The fourth-order valence-corrected chi connectivity index (χ4v) is 6.43. The topological polar surface area (TPSA) is 93.1 Å². The Kier molecular flexibility index (Phi) is 11.7. The summed E-state index contributed by atoms with van der Waals surface area (Å²) in [5, 5.41) is 0.758. The van der Waals surface area contributed by atoms with E-state index < -0.39 is 32.3 Å². The molecular weight excluding hydrogens is 500 g/mol. The summed E-state index contributed by atoms with van der Waals surface area (Å²) in [4.78, 5) is 36.5. The van der Waals surface area contributed by atoms with Crippen LogP contribution in [-0.4, -0.2) is 47.5 Å². The van der Waals surface area contributed by atoms with E-state index in [1.165, 1.54) is 11.3 Å². The van der Waals surface area contributed by atoms with Crippen LogP contribution in [-0.2, 0) is 18.8 Å². The molecule has 1 aliphatic rings. The summed E-state index contributed by atoms with van der Waals surface area (Å²) in [6.45, 7) is 4.88. The first-order valence-corrected chi connectivity index (χ1v) is 14.6. The number of carbonyl (C=O) groups is 2. The lowest BCUT2D eigenvalue weighted by atomic mass is 9.91. The molecule has 0 bridgehead atoms. The first-order valence-electron chi connectivity index (χ1n) is 11.9. The van der Waals surface area contributed by atoms with E-state index in [0.717, 1.165) is 31.2 Å². The van der Waals surface area contributed by atoms with Gasteiger partial charge in [0.05, 0.1) is 22.0 Å². The van der Waals surface area contributed by atoms with Crippen LogP contribution in [0, 0.1) is 11.8 Å². The lowest BCUT2D eigenvalue weighted by molar-refractivity contribution is -0.156. The third kappa shape index (κ3) is 9.41. The van der Waals surface area contributed by atoms with E-state index >= 15 is 0 Å². The number of rotatable bonds is 11. The fourth-order valence-electron chi connectivity index (χ4n) is 4.14. The monoisotopic (exact) mass is 535 g/mol. The Morgan fingerprint density at radius 3 is 2.41 bits per heavy atom. The molecule has 34 heavy (non-hydrogen) atoms. The van der Waals surface area contributed by atoms with Gasteiger partial charge in [-0.3, -0.25) is 9.36 Å². The maximum atomic E-state index is 12.9. The smallest absolute Gasteiger partial charge is 0.413 e. The summed E-state index contributed by atoms with van der Waals surface area (Å²) in [5.41, 5.74) is 0.736. The van der Waals surface area contributed by atoms with Gasteiger partial charge in [-0.1, -0.05) is 62.4 Å². The number of amides is 1. The fraction of sp³-hybridized carbons (Fsp3) is 0.667. The molecule has 1 saturated carbocycles. The van der Waals surface area contributed by atoms with E-state index in [1.54, 1.807) is 32.0 Å². The van der Waals surface area contributed by atoms with Crippen molar-refractivity contribution in [2.24, 2.45) is 11.8 Å². The molecule has 2 rings (SSSR count). The molecule has 7 nitrogen and oxygen atoms in total. The second-order valence-electron chi connectivity index (χ2n) is 9.30. The second kappa shape index (κ2) is 13.7. The predicted octanol–water partition coefficient (Wildman–Crippen LogP) is 6.89. The molecule has 0 heterocycles. The van der Waals surface area contributed by atoms with E-state index in [0.29, 0.717) is 28.5 Å². The van der Waals surface area contributed by atoms with Gasteiger partial charge < -0.3 is 19.3 Å². The van der Waals surface area contributed by atoms with Crippen molar-refractivity contribution >= 4 is 42.6 Å². The first-order chi connectivity index (χ1) is 16.0. The van der Waals surface area contributed by atoms with Crippen molar-refractivity contribution in [2.45, 2.75) is 65.3 Å². The molecule has 192 valence electrons. The van der Waals surface area contributed by atoms with Gasteiger partial charge in [-0.2, -0.15) is 0 Å². The van der Waals surface area contributed by atoms with Crippen molar-refractivity contribution in [3.8, 4) is 0 Å². The Morgan fingerprint density at radius 2 is 1.79 bits per heavy atom. The van der Waals surface area contributed by atoms with Crippen LogP contribution in [0.15, 0.2) is 18.2 Å². The molecule has 1 fully saturated rings. The summed E-state index contributed by atoms with van der Waals surface area (Å²) in [6.07, 6.45) is 5.57. The molecule has 1 amide bonds. The van der Waals surface area contributed by atoms with Gasteiger partial charge in [-0.25, -0.2) is 4.79 Å². The molecular formula is C24H36Cl2NO6P. The minimum atomic E-state index is -3.30. The number of hydrogen-bond donors (Lipinski definition) is 1. The predicted molar refractivity (Wildman–Crippen MR) is 135 cm³/mol. The van der Waals surface area contributed by atoms with Crippen LogP contribution in [0.25, 0.3) is 0 Å². The third-order valence-corrected chi connectivity index (χ3v) is 9.00. The Morgan fingerprint density at radius 1 is 1.12 bits per heavy atom. The van der Waals surface area contributed by atoms with E-state index in [4.69, 9.17) is 32.7 Å². The Bertz CT molecular complexity index is 875. The number of carbonyl (C=O) groups excluding carboxylic acids is 2. The third-order valence-electron chi connectivity index (χ3n) is 6.16. The van der Waals surface area contributed by atoms with Gasteiger partial charge in [0, 0.05) is 18.9 Å². The lowest BCUT2D eigenvalue weighted by Crippen LogP contribution is -2.36. The highest BCUT2D eigenvalue weighted by Gasteiger charge is 2.28. The lowest BCUT2D eigenvalue weighted by Gasteiger charge is -2.29. The summed E-state index contributed by atoms with van der Waals surface area (Å²) < 4.78 is 22.9. The van der Waals surface area contributed by atoms with Gasteiger partial charge in [0.15, 0.2) is 0 Å². The molecule has 0 radical (unpaired) electrons.